The molecule has 0 aliphatic rings. The summed E-state index contributed by atoms with van der Waals surface area (Å²) in [5, 5.41) is 5.66. The Kier molecular flexibility index (Phi) is 4.90. The van der Waals surface area contributed by atoms with E-state index in [0.29, 0.717) is 0 Å². The van der Waals surface area contributed by atoms with Gasteiger partial charge in [0, 0.05) is 11.2 Å². The lowest BCUT2D eigenvalue weighted by molar-refractivity contribution is 0.415. The predicted molar refractivity (Wildman–Crippen MR) is 96.8 cm³/mol. The SMILES string of the molecule is COc1ccc(/C=N/Nc2ncc(-c3ccc(Cl)cc3)s2)cc1. The smallest absolute Gasteiger partial charge is 0.203 e. The lowest BCUT2D eigenvalue weighted by atomic mass is 10.2. The molecule has 6 heteroatoms. The molecule has 116 valence electrons. The van der Waals surface area contributed by atoms with Crippen molar-refractivity contribution in [1.29, 1.82) is 0 Å². The number of methoxy groups -OCH3 is 1. The van der Waals surface area contributed by atoms with Gasteiger partial charge in [-0.2, -0.15) is 5.10 Å². The van der Waals surface area contributed by atoms with Crippen LogP contribution in [0.1, 0.15) is 5.56 Å². The van der Waals surface area contributed by atoms with Gasteiger partial charge in [0.25, 0.3) is 0 Å². The van der Waals surface area contributed by atoms with Crippen LogP contribution in [0.5, 0.6) is 5.75 Å². The van der Waals surface area contributed by atoms with Gasteiger partial charge in [0.2, 0.25) is 5.13 Å². The Bertz CT molecular complexity index is 797. The van der Waals surface area contributed by atoms with E-state index in [1.165, 1.54) is 11.3 Å². The average molecular weight is 344 g/mol. The van der Waals surface area contributed by atoms with E-state index in [-0.39, 0.29) is 0 Å². The molecule has 0 unspecified atom stereocenters. The summed E-state index contributed by atoms with van der Waals surface area (Å²) in [5.41, 5.74) is 5.00. The number of halogens is 1. The molecule has 1 heterocycles. The van der Waals surface area contributed by atoms with Crippen LogP contribution in [0.25, 0.3) is 10.4 Å². The van der Waals surface area contributed by atoms with Crippen LogP contribution in [-0.2, 0) is 0 Å². The zero-order chi connectivity index (χ0) is 16.1. The van der Waals surface area contributed by atoms with Gasteiger partial charge in [0.15, 0.2) is 0 Å². The summed E-state index contributed by atoms with van der Waals surface area (Å²) in [5.74, 6) is 0.822. The third-order valence-corrected chi connectivity index (χ3v) is 4.33. The predicted octanol–water partition coefficient (Wildman–Crippen LogP) is 4.92. The Morgan fingerprint density at radius 2 is 1.87 bits per heavy atom. The summed E-state index contributed by atoms with van der Waals surface area (Å²) in [6.45, 7) is 0. The molecule has 0 aliphatic heterocycles. The fourth-order valence-corrected chi connectivity index (χ4v) is 2.82. The van der Waals surface area contributed by atoms with Crippen molar-refractivity contribution in [2.24, 2.45) is 5.10 Å². The van der Waals surface area contributed by atoms with Crippen LogP contribution in [0.4, 0.5) is 5.13 Å². The summed E-state index contributed by atoms with van der Waals surface area (Å²) in [6.07, 6.45) is 3.56. The Hall–Kier alpha value is -2.37. The first kappa shape index (κ1) is 15.5. The fraction of sp³-hybridized carbons (Fsp3) is 0.0588. The molecule has 2 aromatic carbocycles. The highest BCUT2D eigenvalue weighted by molar-refractivity contribution is 7.18. The minimum Gasteiger partial charge on any atom is -0.497 e. The molecule has 0 saturated heterocycles. The molecule has 0 spiro atoms. The minimum atomic E-state index is 0.723. The van der Waals surface area contributed by atoms with E-state index >= 15 is 0 Å². The molecule has 0 atom stereocenters. The van der Waals surface area contributed by atoms with E-state index in [9.17, 15) is 0 Å². The van der Waals surface area contributed by atoms with E-state index in [1.54, 1.807) is 13.3 Å². The van der Waals surface area contributed by atoms with Crippen molar-refractivity contribution in [2.75, 3.05) is 12.5 Å². The zero-order valence-electron chi connectivity index (χ0n) is 12.4. The summed E-state index contributed by atoms with van der Waals surface area (Å²) >= 11 is 7.43. The van der Waals surface area contributed by atoms with Crippen molar-refractivity contribution < 1.29 is 4.74 Å². The number of rotatable bonds is 5. The van der Waals surface area contributed by atoms with E-state index < -0.39 is 0 Å². The number of nitrogens with zero attached hydrogens (tertiary/aromatic N) is 2. The minimum absolute atomic E-state index is 0.723. The van der Waals surface area contributed by atoms with Crippen LogP contribution in [0.2, 0.25) is 5.02 Å². The topological polar surface area (TPSA) is 46.5 Å². The van der Waals surface area contributed by atoms with Gasteiger partial charge >= 0.3 is 0 Å². The summed E-state index contributed by atoms with van der Waals surface area (Å²) in [6, 6.07) is 15.3. The summed E-state index contributed by atoms with van der Waals surface area (Å²) in [4.78, 5) is 5.37. The van der Waals surface area contributed by atoms with Gasteiger partial charge in [-0.15, -0.1) is 0 Å². The highest BCUT2D eigenvalue weighted by Gasteiger charge is 2.03. The molecular formula is C17H14ClN3OS. The second-order valence-electron chi connectivity index (χ2n) is 4.68. The number of aromatic nitrogens is 1. The maximum absolute atomic E-state index is 5.90. The van der Waals surface area contributed by atoms with Crippen LogP contribution in [-0.4, -0.2) is 18.3 Å². The Morgan fingerprint density at radius 3 is 2.57 bits per heavy atom. The summed E-state index contributed by atoms with van der Waals surface area (Å²) < 4.78 is 5.12. The zero-order valence-corrected chi connectivity index (χ0v) is 13.9. The largest absolute Gasteiger partial charge is 0.497 e. The van der Waals surface area contributed by atoms with Crippen LogP contribution in [0.15, 0.2) is 59.8 Å². The van der Waals surface area contributed by atoms with Crippen molar-refractivity contribution >= 4 is 34.3 Å². The Morgan fingerprint density at radius 1 is 1.13 bits per heavy atom. The van der Waals surface area contributed by atoms with E-state index in [2.05, 4.69) is 15.5 Å². The Balaban J connectivity index is 1.64. The van der Waals surface area contributed by atoms with Crippen LogP contribution >= 0.6 is 22.9 Å². The molecule has 0 saturated carbocycles. The molecule has 0 radical (unpaired) electrons. The lowest BCUT2D eigenvalue weighted by Crippen LogP contribution is -1.89. The van der Waals surface area contributed by atoms with Crippen molar-refractivity contribution in [3.8, 4) is 16.2 Å². The number of ether oxygens (including phenoxy) is 1. The van der Waals surface area contributed by atoms with Crippen molar-refractivity contribution in [2.45, 2.75) is 0 Å². The highest BCUT2D eigenvalue weighted by atomic mass is 35.5. The molecule has 0 bridgehead atoms. The van der Waals surface area contributed by atoms with E-state index in [4.69, 9.17) is 16.3 Å². The maximum atomic E-state index is 5.90. The third-order valence-electron chi connectivity index (χ3n) is 3.12. The van der Waals surface area contributed by atoms with Gasteiger partial charge in [-0.3, -0.25) is 5.43 Å². The van der Waals surface area contributed by atoms with Gasteiger partial charge < -0.3 is 4.74 Å². The van der Waals surface area contributed by atoms with Gasteiger partial charge in [-0.1, -0.05) is 35.1 Å². The number of nitrogens with one attached hydrogen (secondary N) is 1. The van der Waals surface area contributed by atoms with Crippen molar-refractivity contribution in [3.63, 3.8) is 0 Å². The molecule has 4 nitrogen and oxygen atoms in total. The Labute approximate surface area is 143 Å². The number of thiazole rings is 1. The van der Waals surface area contributed by atoms with Crippen molar-refractivity contribution in [1.82, 2.24) is 4.98 Å². The van der Waals surface area contributed by atoms with Gasteiger partial charge in [0.1, 0.15) is 5.75 Å². The summed E-state index contributed by atoms with van der Waals surface area (Å²) in [7, 11) is 1.64. The molecule has 0 fully saturated rings. The number of hydrazone groups is 1. The highest BCUT2D eigenvalue weighted by Crippen LogP contribution is 2.29. The molecule has 1 N–H and O–H groups in total. The van der Waals surface area contributed by atoms with Gasteiger partial charge in [-0.25, -0.2) is 4.98 Å². The molecule has 23 heavy (non-hydrogen) atoms. The second-order valence-corrected chi connectivity index (χ2v) is 6.15. The average Bonchev–Trinajstić information content (AvgIpc) is 3.05. The fourth-order valence-electron chi connectivity index (χ4n) is 1.93. The first-order chi connectivity index (χ1) is 11.2. The van der Waals surface area contributed by atoms with Gasteiger partial charge in [0.05, 0.1) is 18.2 Å². The number of benzene rings is 2. The quantitative estimate of drug-likeness (QED) is 0.528. The molecule has 0 aliphatic carbocycles. The van der Waals surface area contributed by atoms with E-state index in [1.807, 2.05) is 54.7 Å². The number of anilines is 1. The lowest BCUT2D eigenvalue weighted by Gasteiger charge is -1.99. The molecular weight excluding hydrogens is 330 g/mol. The molecule has 3 rings (SSSR count). The van der Waals surface area contributed by atoms with Crippen LogP contribution < -0.4 is 10.2 Å². The molecule has 3 aromatic rings. The monoisotopic (exact) mass is 343 g/mol. The number of hydrogen-bond acceptors (Lipinski definition) is 5. The first-order valence-corrected chi connectivity index (χ1v) is 8.09. The number of hydrogen-bond donors (Lipinski definition) is 1. The standard InChI is InChI=1S/C17H14ClN3OS/c1-22-15-8-2-12(3-9-15)10-20-21-17-19-11-16(23-17)13-4-6-14(18)7-5-13/h2-11H,1H3,(H,19,21)/b20-10+. The molecule has 0 amide bonds. The van der Waals surface area contributed by atoms with Crippen molar-refractivity contribution in [3.05, 3.63) is 65.3 Å². The van der Waals surface area contributed by atoms with Crippen LogP contribution in [0, 0.1) is 0 Å². The molecule has 1 aromatic heterocycles. The maximum Gasteiger partial charge on any atom is 0.203 e. The van der Waals surface area contributed by atoms with E-state index in [0.717, 1.165) is 31.9 Å². The normalized spacial score (nSPS) is 10.9. The third kappa shape index (κ3) is 4.09. The van der Waals surface area contributed by atoms with Gasteiger partial charge in [-0.05, 0) is 47.5 Å². The first-order valence-electron chi connectivity index (χ1n) is 6.89. The van der Waals surface area contributed by atoms with Crippen LogP contribution in [0.3, 0.4) is 0 Å². The second kappa shape index (κ2) is 7.26.